The van der Waals surface area contributed by atoms with E-state index in [2.05, 4.69) is 10.6 Å². The van der Waals surface area contributed by atoms with Gasteiger partial charge in [0, 0.05) is 6.54 Å². The van der Waals surface area contributed by atoms with Gasteiger partial charge in [-0.15, -0.1) is 0 Å². The number of carbonyl (C=O) groups is 1. The molecule has 0 bridgehead atoms. The molecule has 0 heterocycles. The van der Waals surface area contributed by atoms with Crippen LogP contribution in [0.25, 0.3) is 0 Å². The second kappa shape index (κ2) is 6.80. The summed E-state index contributed by atoms with van der Waals surface area (Å²) in [6, 6.07) is 0. The van der Waals surface area contributed by atoms with E-state index in [0.29, 0.717) is 13.2 Å². The molecular weight excluding hydrogens is 192 g/mol. The van der Waals surface area contributed by atoms with Crippen LogP contribution in [0.1, 0.15) is 34.6 Å². The molecule has 0 spiro atoms. The molecule has 0 aliphatic heterocycles. The maximum atomic E-state index is 11.7. The SMILES string of the molecule is CCNC(C)(C)C(=O)NCCOC(C)C. The van der Waals surface area contributed by atoms with Gasteiger partial charge in [-0.1, -0.05) is 6.92 Å². The minimum atomic E-state index is -0.507. The fourth-order valence-electron chi connectivity index (χ4n) is 1.20. The largest absolute Gasteiger partial charge is 0.377 e. The first-order valence-corrected chi connectivity index (χ1v) is 5.55. The summed E-state index contributed by atoms with van der Waals surface area (Å²) < 4.78 is 5.33. The molecule has 0 saturated heterocycles. The van der Waals surface area contributed by atoms with Crippen molar-refractivity contribution in [1.29, 1.82) is 0 Å². The number of hydrogen-bond acceptors (Lipinski definition) is 3. The second-order valence-electron chi connectivity index (χ2n) is 4.33. The molecule has 0 rings (SSSR count). The smallest absolute Gasteiger partial charge is 0.239 e. The summed E-state index contributed by atoms with van der Waals surface area (Å²) >= 11 is 0. The summed E-state index contributed by atoms with van der Waals surface area (Å²) in [5.41, 5.74) is -0.507. The third-order valence-electron chi connectivity index (χ3n) is 2.03. The lowest BCUT2D eigenvalue weighted by molar-refractivity contribution is -0.126. The molecule has 2 N–H and O–H groups in total. The molecule has 0 aromatic heterocycles. The Hall–Kier alpha value is -0.610. The number of nitrogens with one attached hydrogen (secondary N) is 2. The van der Waals surface area contributed by atoms with Crippen molar-refractivity contribution in [3.8, 4) is 0 Å². The van der Waals surface area contributed by atoms with Gasteiger partial charge < -0.3 is 15.4 Å². The van der Waals surface area contributed by atoms with E-state index in [4.69, 9.17) is 4.74 Å². The quantitative estimate of drug-likeness (QED) is 0.622. The first-order valence-electron chi connectivity index (χ1n) is 5.55. The summed E-state index contributed by atoms with van der Waals surface area (Å²) in [7, 11) is 0. The highest BCUT2D eigenvalue weighted by atomic mass is 16.5. The van der Waals surface area contributed by atoms with Gasteiger partial charge in [0.15, 0.2) is 0 Å². The van der Waals surface area contributed by atoms with Crippen LogP contribution >= 0.6 is 0 Å². The first kappa shape index (κ1) is 14.4. The van der Waals surface area contributed by atoms with E-state index in [9.17, 15) is 4.79 Å². The van der Waals surface area contributed by atoms with Gasteiger partial charge in [0.1, 0.15) is 0 Å². The predicted octanol–water partition coefficient (Wildman–Crippen LogP) is 0.916. The maximum Gasteiger partial charge on any atom is 0.239 e. The third-order valence-corrected chi connectivity index (χ3v) is 2.03. The summed E-state index contributed by atoms with van der Waals surface area (Å²) in [4.78, 5) is 11.7. The zero-order chi connectivity index (χ0) is 11.9. The lowest BCUT2D eigenvalue weighted by Crippen LogP contribution is -2.53. The predicted molar refractivity (Wildman–Crippen MR) is 61.9 cm³/mol. The molecule has 0 fully saturated rings. The number of rotatable bonds is 7. The van der Waals surface area contributed by atoms with Crippen LogP contribution in [0.3, 0.4) is 0 Å². The fraction of sp³-hybridized carbons (Fsp3) is 0.909. The molecule has 4 nitrogen and oxygen atoms in total. The van der Waals surface area contributed by atoms with E-state index in [-0.39, 0.29) is 12.0 Å². The molecule has 0 unspecified atom stereocenters. The van der Waals surface area contributed by atoms with Crippen molar-refractivity contribution in [2.24, 2.45) is 0 Å². The minimum Gasteiger partial charge on any atom is -0.377 e. The number of hydrogen-bond donors (Lipinski definition) is 2. The molecule has 0 aromatic rings. The second-order valence-corrected chi connectivity index (χ2v) is 4.33. The summed E-state index contributed by atoms with van der Waals surface area (Å²) in [6.07, 6.45) is 0.212. The Kier molecular flexibility index (Phi) is 6.52. The molecule has 4 heteroatoms. The third kappa shape index (κ3) is 6.47. The molecule has 0 atom stereocenters. The van der Waals surface area contributed by atoms with Crippen molar-refractivity contribution < 1.29 is 9.53 Å². The highest BCUT2D eigenvalue weighted by molar-refractivity contribution is 5.85. The van der Waals surface area contributed by atoms with Crippen molar-refractivity contribution in [2.45, 2.75) is 46.3 Å². The van der Waals surface area contributed by atoms with Crippen LogP contribution < -0.4 is 10.6 Å². The van der Waals surface area contributed by atoms with Crippen molar-refractivity contribution in [2.75, 3.05) is 19.7 Å². The number of carbonyl (C=O) groups excluding carboxylic acids is 1. The van der Waals surface area contributed by atoms with Crippen LogP contribution in [0.5, 0.6) is 0 Å². The van der Waals surface area contributed by atoms with Gasteiger partial charge in [0.05, 0.1) is 18.2 Å². The van der Waals surface area contributed by atoms with Gasteiger partial charge in [-0.05, 0) is 34.2 Å². The molecular formula is C11H24N2O2. The molecule has 0 aliphatic rings. The average Bonchev–Trinajstić information content (AvgIpc) is 2.11. The van der Waals surface area contributed by atoms with Gasteiger partial charge in [0.25, 0.3) is 0 Å². The van der Waals surface area contributed by atoms with Crippen molar-refractivity contribution in [3.05, 3.63) is 0 Å². The lowest BCUT2D eigenvalue weighted by atomic mass is 10.1. The highest BCUT2D eigenvalue weighted by Crippen LogP contribution is 2.00. The molecule has 0 saturated carbocycles. The van der Waals surface area contributed by atoms with Gasteiger partial charge in [-0.25, -0.2) is 0 Å². The van der Waals surface area contributed by atoms with E-state index in [1.807, 2.05) is 34.6 Å². The zero-order valence-corrected chi connectivity index (χ0v) is 10.5. The van der Waals surface area contributed by atoms with Crippen molar-refractivity contribution in [3.63, 3.8) is 0 Å². The first-order chi connectivity index (χ1) is 6.90. The van der Waals surface area contributed by atoms with Crippen LogP contribution in [0.15, 0.2) is 0 Å². The summed E-state index contributed by atoms with van der Waals surface area (Å²) in [6.45, 7) is 11.6. The van der Waals surface area contributed by atoms with Crippen LogP contribution in [-0.2, 0) is 9.53 Å². The van der Waals surface area contributed by atoms with Crippen LogP contribution in [0.2, 0.25) is 0 Å². The van der Waals surface area contributed by atoms with Gasteiger partial charge in [0.2, 0.25) is 5.91 Å². The van der Waals surface area contributed by atoms with E-state index < -0.39 is 5.54 Å². The van der Waals surface area contributed by atoms with Crippen molar-refractivity contribution >= 4 is 5.91 Å². The van der Waals surface area contributed by atoms with Gasteiger partial charge in [-0.2, -0.15) is 0 Å². The Morgan fingerprint density at radius 2 is 2.00 bits per heavy atom. The van der Waals surface area contributed by atoms with Gasteiger partial charge in [-0.3, -0.25) is 4.79 Å². The maximum absolute atomic E-state index is 11.7. The van der Waals surface area contributed by atoms with Crippen LogP contribution in [0, 0.1) is 0 Å². The Morgan fingerprint density at radius 3 is 2.47 bits per heavy atom. The summed E-state index contributed by atoms with van der Waals surface area (Å²) in [5.74, 6) is 0.0108. The van der Waals surface area contributed by atoms with Crippen LogP contribution in [-0.4, -0.2) is 37.2 Å². The normalized spacial score (nSPS) is 11.9. The summed E-state index contributed by atoms with van der Waals surface area (Å²) in [5, 5.41) is 5.96. The fourth-order valence-corrected chi connectivity index (χ4v) is 1.20. The van der Waals surface area contributed by atoms with Crippen LogP contribution in [0.4, 0.5) is 0 Å². The van der Waals surface area contributed by atoms with E-state index in [1.54, 1.807) is 0 Å². The monoisotopic (exact) mass is 216 g/mol. The standard InChI is InChI=1S/C11H24N2O2/c1-6-13-11(4,5)10(14)12-7-8-15-9(2)3/h9,13H,6-8H2,1-5H3,(H,12,14). The average molecular weight is 216 g/mol. The Bertz CT molecular complexity index is 191. The number of amides is 1. The lowest BCUT2D eigenvalue weighted by Gasteiger charge is -2.24. The Balaban J connectivity index is 3.73. The molecule has 0 aliphatic carbocycles. The molecule has 0 radical (unpaired) electrons. The topological polar surface area (TPSA) is 50.4 Å². The van der Waals surface area contributed by atoms with Crippen molar-refractivity contribution in [1.82, 2.24) is 10.6 Å². The molecule has 0 aromatic carbocycles. The zero-order valence-electron chi connectivity index (χ0n) is 10.5. The molecule has 15 heavy (non-hydrogen) atoms. The Labute approximate surface area is 92.8 Å². The molecule has 90 valence electrons. The minimum absolute atomic E-state index is 0.0108. The van der Waals surface area contributed by atoms with Gasteiger partial charge >= 0.3 is 0 Å². The Morgan fingerprint density at radius 1 is 1.40 bits per heavy atom. The van der Waals surface area contributed by atoms with E-state index >= 15 is 0 Å². The molecule has 1 amide bonds. The highest BCUT2D eigenvalue weighted by Gasteiger charge is 2.25. The van der Waals surface area contributed by atoms with E-state index in [0.717, 1.165) is 6.54 Å². The van der Waals surface area contributed by atoms with E-state index in [1.165, 1.54) is 0 Å². The number of likely N-dealkylation sites (N-methyl/N-ethyl adjacent to an activating group) is 1. The number of ether oxygens (including phenoxy) is 1.